The zero-order valence-corrected chi connectivity index (χ0v) is 13.5. The normalized spacial score (nSPS) is 19.4. The largest absolute Gasteiger partial charge is 0.507 e. The van der Waals surface area contributed by atoms with Gasteiger partial charge in [-0.1, -0.05) is 6.07 Å². The molecule has 0 spiro atoms. The predicted molar refractivity (Wildman–Crippen MR) is 90.4 cm³/mol. The Morgan fingerprint density at radius 1 is 1.00 bits per heavy atom. The van der Waals surface area contributed by atoms with E-state index in [-0.39, 0.29) is 6.10 Å². The Balaban J connectivity index is 2.00. The van der Waals surface area contributed by atoms with Gasteiger partial charge in [0.05, 0.1) is 13.2 Å². The predicted octanol–water partition coefficient (Wildman–Crippen LogP) is 4.49. The summed E-state index contributed by atoms with van der Waals surface area (Å²) in [5.41, 5.74) is 4.31. The monoisotopic (exact) mass is 310 g/mol. The number of aromatic hydroxyl groups is 1. The first kappa shape index (κ1) is 14.4. The van der Waals surface area contributed by atoms with Crippen LogP contribution in [0, 0.1) is 0 Å². The van der Waals surface area contributed by atoms with Gasteiger partial charge in [0, 0.05) is 11.1 Å². The molecule has 1 unspecified atom stereocenters. The summed E-state index contributed by atoms with van der Waals surface area (Å²) in [6.45, 7) is 0. The van der Waals surface area contributed by atoms with Crippen molar-refractivity contribution in [1.29, 1.82) is 0 Å². The zero-order chi connectivity index (χ0) is 15.8. The molecule has 0 saturated heterocycles. The van der Waals surface area contributed by atoms with Crippen molar-refractivity contribution >= 4 is 0 Å². The maximum absolute atomic E-state index is 10.4. The SMILES string of the molecule is COc1cc2cc3c1OC(CCCc1ccc(O)c-3c1)CCC2. The summed E-state index contributed by atoms with van der Waals surface area (Å²) in [6, 6.07) is 10.1. The molecule has 2 aromatic carbocycles. The number of hydrogen-bond donors (Lipinski definition) is 1. The molecule has 0 fully saturated rings. The highest BCUT2D eigenvalue weighted by Crippen LogP contribution is 2.45. The van der Waals surface area contributed by atoms with E-state index in [0.717, 1.165) is 61.2 Å². The number of rotatable bonds is 1. The molecule has 3 heterocycles. The van der Waals surface area contributed by atoms with Crippen LogP contribution in [0.5, 0.6) is 17.2 Å². The van der Waals surface area contributed by atoms with Crippen molar-refractivity contribution in [2.45, 2.75) is 44.6 Å². The molecule has 1 N–H and O–H groups in total. The molecule has 3 heteroatoms. The molecule has 6 bridgehead atoms. The van der Waals surface area contributed by atoms with Crippen LogP contribution < -0.4 is 9.47 Å². The molecule has 3 aliphatic rings. The molecular formula is C20H22O3. The molecule has 0 saturated carbocycles. The van der Waals surface area contributed by atoms with E-state index in [1.54, 1.807) is 13.2 Å². The van der Waals surface area contributed by atoms with Crippen molar-refractivity contribution < 1.29 is 14.6 Å². The lowest BCUT2D eigenvalue weighted by Gasteiger charge is -2.23. The number of phenols is 1. The molecule has 0 aliphatic carbocycles. The van der Waals surface area contributed by atoms with E-state index in [1.165, 1.54) is 11.1 Å². The molecular weight excluding hydrogens is 288 g/mol. The maximum Gasteiger partial charge on any atom is 0.169 e. The van der Waals surface area contributed by atoms with E-state index >= 15 is 0 Å². The Labute approximate surface area is 136 Å². The molecule has 0 radical (unpaired) electrons. The van der Waals surface area contributed by atoms with E-state index < -0.39 is 0 Å². The molecule has 23 heavy (non-hydrogen) atoms. The highest BCUT2D eigenvalue weighted by molar-refractivity contribution is 5.79. The Morgan fingerprint density at radius 3 is 2.52 bits per heavy atom. The quantitative estimate of drug-likeness (QED) is 0.843. The molecule has 1 atom stereocenters. The van der Waals surface area contributed by atoms with Crippen LogP contribution in [0.4, 0.5) is 0 Å². The highest BCUT2D eigenvalue weighted by Gasteiger charge is 2.24. The third-order valence-electron chi connectivity index (χ3n) is 4.95. The van der Waals surface area contributed by atoms with E-state index in [9.17, 15) is 5.11 Å². The lowest BCUT2D eigenvalue weighted by Crippen LogP contribution is -2.18. The average Bonchev–Trinajstić information content (AvgIpc) is 2.70. The van der Waals surface area contributed by atoms with Gasteiger partial charge in [-0.2, -0.15) is 0 Å². The smallest absolute Gasteiger partial charge is 0.169 e. The van der Waals surface area contributed by atoms with Crippen LogP contribution in [0.25, 0.3) is 11.1 Å². The number of aryl methyl sites for hydroxylation is 2. The second kappa shape index (κ2) is 5.80. The Kier molecular flexibility index (Phi) is 3.64. The van der Waals surface area contributed by atoms with Gasteiger partial charge < -0.3 is 14.6 Å². The first-order valence-corrected chi connectivity index (χ1v) is 8.44. The van der Waals surface area contributed by atoms with E-state index in [4.69, 9.17) is 9.47 Å². The third kappa shape index (κ3) is 2.65. The average molecular weight is 310 g/mol. The second-order valence-corrected chi connectivity index (χ2v) is 6.55. The highest BCUT2D eigenvalue weighted by atomic mass is 16.5. The summed E-state index contributed by atoms with van der Waals surface area (Å²) in [5, 5.41) is 10.4. The van der Waals surface area contributed by atoms with Crippen molar-refractivity contribution in [1.82, 2.24) is 0 Å². The summed E-state index contributed by atoms with van der Waals surface area (Å²) >= 11 is 0. The van der Waals surface area contributed by atoms with Crippen LogP contribution in [0.3, 0.4) is 0 Å². The Morgan fingerprint density at radius 2 is 1.74 bits per heavy atom. The van der Waals surface area contributed by atoms with Crippen molar-refractivity contribution in [2.75, 3.05) is 7.11 Å². The van der Waals surface area contributed by atoms with E-state index in [2.05, 4.69) is 18.2 Å². The minimum atomic E-state index is 0.218. The fourth-order valence-corrected chi connectivity index (χ4v) is 3.73. The first-order chi connectivity index (χ1) is 11.2. The fraction of sp³-hybridized carbons (Fsp3) is 0.400. The molecule has 5 rings (SSSR count). The van der Waals surface area contributed by atoms with Crippen molar-refractivity contribution in [3.63, 3.8) is 0 Å². The minimum Gasteiger partial charge on any atom is -0.507 e. The zero-order valence-electron chi connectivity index (χ0n) is 13.5. The molecule has 3 aliphatic heterocycles. The van der Waals surface area contributed by atoms with Crippen LogP contribution in [-0.2, 0) is 12.8 Å². The summed E-state index contributed by atoms with van der Waals surface area (Å²) < 4.78 is 12.0. The van der Waals surface area contributed by atoms with Crippen molar-refractivity contribution in [3.8, 4) is 28.4 Å². The third-order valence-corrected chi connectivity index (χ3v) is 4.95. The van der Waals surface area contributed by atoms with E-state index in [0.29, 0.717) is 5.75 Å². The summed E-state index contributed by atoms with van der Waals surface area (Å²) in [6.07, 6.45) is 6.61. The minimum absolute atomic E-state index is 0.218. The number of phenolic OH excluding ortho intramolecular Hbond substituents is 1. The lowest BCUT2D eigenvalue weighted by molar-refractivity contribution is 0.171. The molecule has 0 aromatic heterocycles. The number of fused-ring (bicyclic) bond motifs is 5. The maximum atomic E-state index is 10.4. The molecule has 2 aromatic rings. The summed E-state index contributed by atoms with van der Waals surface area (Å²) in [7, 11) is 1.69. The standard InChI is InChI=1S/C20H22O3/c1-22-19-12-14-5-3-7-15-6-2-4-13-8-9-18(21)16(10-13)17(11-14)20(19)23-15/h8-12,15,21H,2-7H2,1H3. The van der Waals surface area contributed by atoms with Gasteiger partial charge in [0.15, 0.2) is 11.5 Å². The van der Waals surface area contributed by atoms with Gasteiger partial charge in [-0.25, -0.2) is 0 Å². The van der Waals surface area contributed by atoms with Crippen LogP contribution in [0.2, 0.25) is 0 Å². The molecule has 120 valence electrons. The van der Waals surface area contributed by atoms with Gasteiger partial charge in [-0.3, -0.25) is 0 Å². The Bertz CT molecular complexity index is 736. The van der Waals surface area contributed by atoms with Crippen LogP contribution in [0.15, 0.2) is 30.3 Å². The van der Waals surface area contributed by atoms with Gasteiger partial charge in [-0.05, 0) is 73.9 Å². The van der Waals surface area contributed by atoms with Crippen LogP contribution in [-0.4, -0.2) is 18.3 Å². The van der Waals surface area contributed by atoms with Crippen LogP contribution >= 0.6 is 0 Å². The lowest BCUT2D eigenvalue weighted by atomic mass is 9.95. The summed E-state index contributed by atoms with van der Waals surface area (Å²) in [5.74, 6) is 1.85. The van der Waals surface area contributed by atoms with Crippen molar-refractivity contribution in [3.05, 3.63) is 41.5 Å². The fourth-order valence-electron chi connectivity index (χ4n) is 3.73. The van der Waals surface area contributed by atoms with Gasteiger partial charge >= 0.3 is 0 Å². The summed E-state index contributed by atoms with van der Waals surface area (Å²) in [4.78, 5) is 0. The number of benzene rings is 2. The number of hydrogen-bond acceptors (Lipinski definition) is 3. The van der Waals surface area contributed by atoms with E-state index in [1.807, 2.05) is 6.07 Å². The number of methoxy groups -OCH3 is 1. The van der Waals surface area contributed by atoms with Gasteiger partial charge in [-0.15, -0.1) is 0 Å². The molecule has 0 amide bonds. The van der Waals surface area contributed by atoms with Gasteiger partial charge in [0.1, 0.15) is 5.75 Å². The van der Waals surface area contributed by atoms with Crippen LogP contribution in [0.1, 0.15) is 36.8 Å². The van der Waals surface area contributed by atoms with Crippen molar-refractivity contribution in [2.24, 2.45) is 0 Å². The molecule has 3 nitrogen and oxygen atoms in total. The topological polar surface area (TPSA) is 38.7 Å². The Hall–Kier alpha value is -2.16. The van der Waals surface area contributed by atoms with Gasteiger partial charge in [0.25, 0.3) is 0 Å². The first-order valence-electron chi connectivity index (χ1n) is 8.44. The number of ether oxygens (including phenoxy) is 2. The second-order valence-electron chi connectivity index (χ2n) is 6.55. The van der Waals surface area contributed by atoms with Gasteiger partial charge in [0.2, 0.25) is 0 Å².